The standard InChI is InChI=1S/C9H20N6O/c1-9(2)8(16)15(5-4-14(9)3)6-7(10)12-13-11/h13H,4-6,11H2,1-3H3,(H2,10,12). The molecule has 1 amide bonds. The molecule has 0 aromatic carbocycles. The van der Waals surface area contributed by atoms with Gasteiger partial charge < -0.3 is 10.6 Å². The first-order valence-electron chi connectivity index (χ1n) is 5.18. The SMILES string of the molecule is CN1CCN(C/C(N)=N/NN)C(=O)C1(C)C. The lowest BCUT2D eigenvalue weighted by Gasteiger charge is -2.43. The van der Waals surface area contributed by atoms with E-state index in [4.69, 9.17) is 11.6 Å². The van der Waals surface area contributed by atoms with Crippen LogP contribution < -0.4 is 17.1 Å². The summed E-state index contributed by atoms with van der Waals surface area (Å²) >= 11 is 0. The predicted molar refractivity (Wildman–Crippen MR) is 62.2 cm³/mol. The molecule has 0 aromatic rings. The van der Waals surface area contributed by atoms with Crippen LogP contribution >= 0.6 is 0 Å². The summed E-state index contributed by atoms with van der Waals surface area (Å²) in [6, 6.07) is 0. The Bertz CT molecular complexity index is 300. The maximum atomic E-state index is 12.1. The predicted octanol–water partition coefficient (Wildman–Crippen LogP) is -1.73. The van der Waals surface area contributed by atoms with Gasteiger partial charge in [-0.05, 0) is 20.9 Å². The maximum absolute atomic E-state index is 12.1. The number of amides is 1. The number of hydrazone groups is 1. The largest absolute Gasteiger partial charge is 0.384 e. The van der Waals surface area contributed by atoms with Gasteiger partial charge in [-0.15, -0.1) is 0 Å². The van der Waals surface area contributed by atoms with E-state index in [1.54, 1.807) is 4.90 Å². The smallest absolute Gasteiger partial charge is 0.242 e. The van der Waals surface area contributed by atoms with Crippen LogP contribution in [0.2, 0.25) is 0 Å². The number of likely N-dealkylation sites (N-methyl/N-ethyl adjacent to an activating group) is 1. The summed E-state index contributed by atoms with van der Waals surface area (Å²) in [6.07, 6.45) is 0. The zero-order valence-corrected chi connectivity index (χ0v) is 10.0. The van der Waals surface area contributed by atoms with E-state index in [-0.39, 0.29) is 5.91 Å². The van der Waals surface area contributed by atoms with Crippen LogP contribution in [-0.4, -0.2) is 53.8 Å². The molecule has 1 heterocycles. The molecule has 5 N–H and O–H groups in total. The van der Waals surface area contributed by atoms with Crippen molar-refractivity contribution >= 4 is 11.7 Å². The Kier molecular flexibility index (Phi) is 3.71. The van der Waals surface area contributed by atoms with Crippen LogP contribution in [0.15, 0.2) is 5.10 Å². The first kappa shape index (κ1) is 12.7. The van der Waals surface area contributed by atoms with Crippen LogP contribution in [-0.2, 0) is 4.79 Å². The summed E-state index contributed by atoms with van der Waals surface area (Å²) in [5.41, 5.74) is 7.23. The average molecular weight is 228 g/mol. The average Bonchev–Trinajstić information content (AvgIpc) is 2.20. The highest BCUT2D eigenvalue weighted by atomic mass is 16.2. The van der Waals surface area contributed by atoms with Crippen LogP contribution in [0.25, 0.3) is 0 Å². The van der Waals surface area contributed by atoms with Crippen molar-refractivity contribution in [2.24, 2.45) is 16.7 Å². The van der Waals surface area contributed by atoms with E-state index in [1.165, 1.54) is 0 Å². The van der Waals surface area contributed by atoms with Gasteiger partial charge in [0.05, 0.1) is 12.1 Å². The Labute approximate surface area is 95.4 Å². The lowest BCUT2D eigenvalue weighted by atomic mass is 9.98. The van der Waals surface area contributed by atoms with Crippen molar-refractivity contribution < 1.29 is 4.79 Å². The molecule has 0 bridgehead atoms. The van der Waals surface area contributed by atoms with Crippen LogP contribution in [0.4, 0.5) is 0 Å². The second-order valence-electron chi connectivity index (χ2n) is 4.44. The van der Waals surface area contributed by atoms with Crippen LogP contribution in [0.5, 0.6) is 0 Å². The molecular formula is C9H20N6O. The summed E-state index contributed by atoms with van der Waals surface area (Å²) in [6.45, 7) is 5.58. The number of hydrogen-bond donors (Lipinski definition) is 3. The summed E-state index contributed by atoms with van der Waals surface area (Å²) < 4.78 is 0. The third-order valence-electron chi connectivity index (χ3n) is 3.03. The van der Waals surface area contributed by atoms with Crippen molar-refractivity contribution in [3.8, 4) is 0 Å². The lowest BCUT2D eigenvalue weighted by molar-refractivity contribution is -0.146. The Morgan fingerprint density at radius 1 is 1.56 bits per heavy atom. The highest BCUT2D eigenvalue weighted by Crippen LogP contribution is 2.20. The van der Waals surface area contributed by atoms with Gasteiger partial charge in [-0.25, -0.2) is 11.4 Å². The molecule has 0 radical (unpaired) electrons. The van der Waals surface area contributed by atoms with Gasteiger partial charge in [-0.3, -0.25) is 9.69 Å². The van der Waals surface area contributed by atoms with Gasteiger partial charge in [-0.2, -0.15) is 5.10 Å². The number of hydrazine groups is 1. The second-order valence-corrected chi connectivity index (χ2v) is 4.44. The van der Waals surface area contributed by atoms with Gasteiger partial charge in [0.15, 0.2) is 0 Å². The van der Waals surface area contributed by atoms with Gasteiger partial charge in [0.2, 0.25) is 5.91 Å². The lowest BCUT2D eigenvalue weighted by Crippen LogP contribution is -2.62. The van der Waals surface area contributed by atoms with Crippen LogP contribution in [0.1, 0.15) is 13.8 Å². The first-order valence-corrected chi connectivity index (χ1v) is 5.18. The van der Waals surface area contributed by atoms with E-state index in [2.05, 4.69) is 10.6 Å². The van der Waals surface area contributed by atoms with Crippen molar-refractivity contribution in [2.45, 2.75) is 19.4 Å². The minimum atomic E-state index is -0.491. The molecule has 7 heteroatoms. The van der Waals surface area contributed by atoms with Gasteiger partial charge in [0.1, 0.15) is 5.84 Å². The molecule has 7 nitrogen and oxygen atoms in total. The zero-order chi connectivity index (χ0) is 12.3. The molecule has 92 valence electrons. The highest BCUT2D eigenvalue weighted by Gasteiger charge is 2.39. The fourth-order valence-electron chi connectivity index (χ4n) is 1.67. The number of rotatable bonds is 3. The summed E-state index contributed by atoms with van der Waals surface area (Å²) in [4.78, 5) is 15.8. The Hall–Kier alpha value is -1.34. The first-order chi connectivity index (χ1) is 7.39. The Morgan fingerprint density at radius 3 is 2.75 bits per heavy atom. The molecule has 1 rings (SSSR count). The van der Waals surface area contributed by atoms with Gasteiger partial charge in [0, 0.05) is 13.1 Å². The summed E-state index contributed by atoms with van der Waals surface area (Å²) in [7, 11) is 1.94. The van der Waals surface area contributed by atoms with E-state index < -0.39 is 5.54 Å². The van der Waals surface area contributed by atoms with Crippen LogP contribution in [0.3, 0.4) is 0 Å². The van der Waals surface area contributed by atoms with Crippen molar-refractivity contribution in [1.29, 1.82) is 0 Å². The minimum Gasteiger partial charge on any atom is -0.384 e. The molecule has 0 unspecified atom stereocenters. The number of nitrogens with one attached hydrogen (secondary N) is 1. The number of carbonyl (C=O) groups excluding carboxylic acids is 1. The van der Waals surface area contributed by atoms with Gasteiger partial charge in [0.25, 0.3) is 0 Å². The number of hydrogen-bond acceptors (Lipinski definition) is 5. The molecule has 0 atom stereocenters. The molecule has 0 aromatic heterocycles. The maximum Gasteiger partial charge on any atom is 0.242 e. The van der Waals surface area contributed by atoms with E-state index in [9.17, 15) is 4.79 Å². The molecule has 1 saturated heterocycles. The molecular weight excluding hydrogens is 208 g/mol. The number of carbonyl (C=O) groups is 1. The van der Waals surface area contributed by atoms with Gasteiger partial charge >= 0.3 is 0 Å². The highest BCUT2D eigenvalue weighted by molar-refractivity contribution is 5.91. The van der Waals surface area contributed by atoms with Gasteiger partial charge in [-0.1, -0.05) is 0 Å². The van der Waals surface area contributed by atoms with Crippen molar-refractivity contribution in [1.82, 2.24) is 15.3 Å². The van der Waals surface area contributed by atoms with E-state index in [0.717, 1.165) is 6.54 Å². The number of nitrogens with two attached hydrogens (primary N) is 2. The Morgan fingerprint density at radius 2 is 2.19 bits per heavy atom. The van der Waals surface area contributed by atoms with Crippen LogP contribution in [0, 0.1) is 0 Å². The normalized spacial score (nSPS) is 22.4. The Balaban J connectivity index is 2.71. The molecule has 1 aliphatic rings. The van der Waals surface area contributed by atoms with Crippen molar-refractivity contribution in [3.05, 3.63) is 0 Å². The monoisotopic (exact) mass is 228 g/mol. The van der Waals surface area contributed by atoms with E-state index in [0.29, 0.717) is 18.9 Å². The van der Waals surface area contributed by atoms with Crippen molar-refractivity contribution in [3.63, 3.8) is 0 Å². The molecule has 0 spiro atoms. The van der Waals surface area contributed by atoms with E-state index in [1.807, 2.05) is 25.8 Å². The zero-order valence-electron chi connectivity index (χ0n) is 10.0. The fraction of sp³-hybridized carbons (Fsp3) is 0.778. The number of nitrogens with zero attached hydrogens (tertiary/aromatic N) is 3. The fourth-order valence-corrected chi connectivity index (χ4v) is 1.67. The summed E-state index contributed by atoms with van der Waals surface area (Å²) in [5, 5.41) is 3.63. The summed E-state index contributed by atoms with van der Waals surface area (Å²) in [5.74, 6) is 5.37. The minimum absolute atomic E-state index is 0.0522. The number of amidine groups is 1. The molecule has 1 fully saturated rings. The molecule has 0 saturated carbocycles. The molecule has 1 aliphatic heterocycles. The quantitative estimate of drug-likeness (QED) is 0.231. The topological polar surface area (TPSA) is 100.0 Å². The third kappa shape index (κ3) is 2.42. The van der Waals surface area contributed by atoms with Crippen molar-refractivity contribution in [2.75, 3.05) is 26.7 Å². The number of piperazine rings is 1. The van der Waals surface area contributed by atoms with E-state index >= 15 is 0 Å². The third-order valence-corrected chi connectivity index (χ3v) is 3.03. The molecule has 16 heavy (non-hydrogen) atoms. The molecule has 0 aliphatic carbocycles. The second kappa shape index (κ2) is 4.67.